The molecule has 0 heterocycles. The maximum absolute atomic E-state index is 2.39. The van der Waals surface area contributed by atoms with Gasteiger partial charge in [0.15, 0.2) is 0 Å². The van der Waals surface area contributed by atoms with Crippen LogP contribution in [0.2, 0.25) is 0 Å². The van der Waals surface area contributed by atoms with Gasteiger partial charge in [0.1, 0.15) is 0 Å². The van der Waals surface area contributed by atoms with Crippen LogP contribution in [0.15, 0.2) is 34.9 Å². The Morgan fingerprint density at radius 2 is 2.08 bits per heavy atom. The van der Waals surface area contributed by atoms with E-state index in [9.17, 15) is 0 Å². The molecule has 0 amide bonds. The molecule has 0 heteroatoms. The molecule has 1 saturated carbocycles. The van der Waals surface area contributed by atoms with E-state index in [0.29, 0.717) is 0 Å². The van der Waals surface area contributed by atoms with E-state index in [2.05, 4.69) is 25.2 Å². The Kier molecular flexibility index (Phi) is 2.68. The standard InChI is InChI=1S/C13H18/c1-2-3-5-11-8-9-13(10-11)12-6-4-7-12/h8-10H,2-7H2,1H3. The van der Waals surface area contributed by atoms with E-state index in [1.807, 2.05) is 0 Å². The fourth-order valence-corrected chi connectivity index (χ4v) is 1.89. The highest BCUT2D eigenvalue weighted by molar-refractivity contribution is 5.49. The Morgan fingerprint density at radius 3 is 2.69 bits per heavy atom. The van der Waals surface area contributed by atoms with Crippen molar-refractivity contribution in [3.63, 3.8) is 0 Å². The number of unbranched alkanes of at least 4 members (excludes halogenated alkanes) is 1. The van der Waals surface area contributed by atoms with Crippen LogP contribution in [0.3, 0.4) is 0 Å². The molecule has 2 rings (SSSR count). The summed E-state index contributed by atoms with van der Waals surface area (Å²) in [5.74, 6) is 0. The third kappa shape index (κ3) is 1.93. The van der Waals surface area contributed by atoms with Gasteiger partial charge in [-0.25, -0.2) is 0 Å². The summed E-state index contributed by atoms with van der Waals surface area (Å²) in [7, 11) is 0. The lowest BCUT2D eigenvalue weighted by Gasteiger charge is -2.17. The van der Waals surface area contributed by atoms with Gasteiger partial charge in [-0.2, -0.15) is 0 Å². The van der Waals surface area contributed by atoms with Crippen molar-refractivity contribution < 1.29 is 0 Å². The Balaban J connectivity index is 1.98. The average molecular weight is 174 g/mol. The molecule has 2 aliphatic carbocycles. The van der Waals surface area contributed by atoms with Crippen molar-refractivity contribution in [2.75, 3.05) is 0 Å². The first-order valence-corrected chi connectivity index (χ1v) is 5.51. The first kappa shape index (κ1) is 8.80. The molecule has 70 valence electrons. The molecule has 13 heavy (non-hydrogen) atoms. The normalized spacial score (nSPS) is 20.5. The van der Waals surface area contributed by atoms with Crippen LogP contribution >= 0.6 is 0 Å². The summed E-state index contributed by atoms with van der Waals surface area (Å²) in [5.41, 5.74) is 4.75. The minimum atomic E-state index is 1.27. The van der Waals surface area contributed by atoms with E-state index < -0.39 is 0 Å². The fraction of sp³-hybridized carbons (Fsp3) is 0.538. The van der Waals surface area contributed by atoms with E-state index in [0.717, 1.165) is 0 Å². The van der Waals surface area contributed by atoms with Gasteiger partial charge in [0.25, 0.3) is 0 Å². The molecule has 0 unspecified atom stereocenters. The topological polar surface area (TPSA) is 0 Å². The zero-order valence-corrected chi connectivity index (χ0v) is 8.47. The van der Waals surface area contributed by atoms with Crippen LogP contribution < -0.4 is 0 Å². The predicted molar refractivity (Wildman–Crippen MR) is 57.6 cm³/mol. The Bertz CT molecular complexity index is 270. The van der Waals surface area contributed by atoms with Crippen molar-refractivity contribution >= 4 is 0 Å². The highest BCUT2D eigenvalue weighted by atomic mass is 14.2. The smallest absolute Gasteiger partial charge is 0.0262 e. The monoisotopic (exact) mass is 174 g/mol. The van der Waals surface area contributed by atoms with Crippen LogP contribution in [0.25, 0.3) is 0 Å². The van der Waals surface area contributed by atoms with Crippen molar-refractivity contribution in [3.05, 3.63) is 34.9 Å². The summed E-state index contributed by atoms with van der Waals surface area (Å²) >= 11 is 0. The van der Waals surface area contributed by atoms with E-state index in [4.69, 9.17) is 0 Å². The maximum atomic E-state index is 2.39. The number of rotatable bonds is 3. The molecular formula is C13H18. The van der Waals surface area contributed by atoms with Gasteiger partial charge in [-0.3, -0.25) is 0 Å². The third-order valence-corrected chi connectivity index (χ3v) is 3.00. The highest BCUT2D eigenvalue weighted by Crippen LogP contribution is 2.33. The van der Waals surface area contributed by atoms with Gasteiger partial charge in [0.2, 0.25) is 0 Å². The Morgan fingerprint density at radius 1 is 1.23 bits per heavy atom. The van der Waals surface area contributed by atoms with Gasteiger partial charge in [0, 0.05) is 0 Å². The summed E-state index contributed by atoms with van der Waals surface area (Å²) < 4.78 is 0. The number of hydrogen-bond acceptors (Lipinski definition) is 0. The number of hydrogen-bond donors (Lipinski definition) is 0. The van der Waals surface area contributed by atoms with Crippen LogP contribution in [-0.2, 0) is 0 Å². The van der Waals surface area contributed by atoms with Crippen LogP contribution in [0.1, 0.15) is 45.4 Å². The fourth-order valence-electron chi connectivity index (χ4n) is 1.89. The molecular weight excluding hydrogens is 156 g/mol. The summed E-state index contributed by atoms with van der Waals surface area (Å²) in [4.78, 5) is 0. The van der Waals surface area contributed by atoms with Crippen molar-refractivity contribution in [2.24, 2.45) is 0 Å². The molecule has 0 nitrogen and oxygen atoms in total. The lowest BCUT2D eigenvalue weighted by Crippen LogP contribution is -1.98. The predicted octanol–water partition coefficient (Wildman–Crippen LogP) is 4.15. The summed E-state index contributed by atoms with van der Waals surface area (Å²) in [6.45, 7) is 2.25. The molecule has 0 aliphatic heterocycles. The van der Waals surface area contributed by atoms with Gasteiger partial charge in [-0.1, -0.05) is 37.1 Å². The molecule has 0 N–H and O–H groups in total. The van der Waals surface area contributed by atoms with E-state index >= 15 is 0 Å². The molecule has 0 aromatic heterocycles. The molecule has 0 spiro atoms. The molecule has 0 aromatic rings. The van der Waals surface area contributed by atoms with Crippen LogP contribution in [-0.4, -0.2) is 0 Å². The van der Waals surface area contributed by atoms with Crippen LogP contribution in [0.4, 0.5) is 0 Å². The molecule has 0 aromatic carbocycles. The zero-order valence-electron chi connectivity index (χ0n) is 8.47. The van der Waals surface area contributed by atoms with Crippen LogP contribution in [0, 0.1) is 0 Å². The van der Waals surface area contributed by atoms with Gasteiger partial charge in [-0.15, -0.1) is 0 Å². The zero-order chi connectivity index (χ0) is 9.10. The second-order valence-electron chi connectivity index (χ2n) is 4.07. The molecule has 2 aliphatic rings. The van der Waals surface area contributed by atoms with Gasteiger partial charge in [-0.05, 0) is 43.3 Å². The van der Waals surface area contributed by atoms with Crippen molar-refractivity contribution in [2.45, 2.75) is 45.4 Å². The van der Waals surface area contributed by atoms with Gasteiger partial charge < -0.3 is 0 Å². The molecule has 1 fully saturated rings. The first-order chi connectivity index (χ1) is 6.40. The molecule has 0 radical (unpaired) electrons. The van der Waals surface area contributed by atoms with E-state index in [1.54, 1.807) is 5.57 Å². The van der Waals surface area contributed by atoms with Crippen LogP contribution in [0.5, 0.6) is 0 Å². The lowest BCUT2D eigenvalue weighted by atomic mass is 9.88. The summed E-state index contributed by atoms with van der Waals surface area (Å²) in [6.07, 6.45) is 15.0. The Labute approximate surface area is 81.0 Å². The average Bonchev–Trinajstić information content (AvgIpc) is 2.46. The lowest BCUT2D eigenvalue weighted by molar-refractivity contribution is 0.658. The minimum Gasteiger partial charge on any atom is -0.0654 e. The Hall–Kier alpha value is -0.780. The second kappa shape index (κ2) is 3.95. The number of allylic oxidation sites excluding steroid dienone is 6. The minimum absolute atomic E-state index is 1.27. The van der Waals surface area contributed by atoms with Crippen molar-refractivity contribution in [3.8, 4) is 0 Å². The van der Waals surface area contributed by atoms with E-state index in [1.165, 1.54) is 49.7 Å². The van der Waals surface area contributed by atoms with Crippen molar-refractivity contribution in [1.29, 1.82) is 0 Å². The molecule has 0 atom stereocenters. The third-order valence-electron chi connectivity index (χ3n) is 3.00. The first-order valence-electron chi connectivity index (χ1n) is 5.51. The summed E-state index contributed by atoms with van der Waals surface area (Å²) in [6, 6.07) is 0. The summed E-state index contributed by atoms with van der Waals surface area (Å²) in [5, 5.41) is 0. The molecule has 0 bridgehead atoms. The van der Waals surface area contributed by atoms with Gasteiger partial charge >= 0.3 is 0 Å². The molecule has 0 saturated heterocycles. The largest absolute Gasteiger partial charge is 0.0654 e. The van der Waals surface area contributed by atoms with Gasteiger partial charge in [0.05, 0.1) is 0 Å². The van der Waals surface area contributed by atoms with Crippen molar-refractivity contribution in [1.82, 2.24) is 0 Å². The highest BCUT2D eigenvalue weighted by Gasteiger charge is 2.13. The SMILES string of the molecule is CCCCC1=CC(=C2CCC2)C=C1. The maximum Gasteiger partial charge on any atom is -0.0262 e. The van der Waals surface area contributed by atoms with E-state index in [-0.39, 0.29) is 0 Å². The quantitative estimate of drug-likeness (QED) is 0.603. The second-order valence-corrected chi connectivity index (χ2v) is 4.07.